The van der Waals surface area contributed by atoms with Crippen LogP contribution in [-0.2, 0) is 14.3 Å². The van der Waals surface area contributed by atoms with Gasteiger partial charge in [-0.15, -0.1) is 0 Å². The van der Waals surface area contributed by atoms with Crippen LogP contribution in [0.5, 0.6) is 11.5 Å². The highest BCUT2D eigenvalue weighted by atomic mass is 16.5. The third-order valence-electron chi connectivity index (χ3n) is 5.80. The average Bonchev–Trinajstić information content (AvgIpc) is 3.05. The van der Waals surface area contributed by atoms with Crippen LogP contribution >= 0.6 is 0 Å². The van der Waals surface area contributed by atoms with Gasteiger partial charge >= 0.3 is 0 Å². The molecule has 1 amide bonds. The highest BCUT2D eigenvalue weighted by Crippen LogP contribution is 2.42. The number of aryl methyl sites for hydroxylation is 2. The number of aliphatic hydroxyl groups excluding tert-OH is 1. The first-order valence-electron chi connectivity index (χ1n) is 11.4. The molecule has 0 spiro atoms. The molecule has 3 rings (SSSR count). The molecule has 182 valence electrons. The molecular formula is C27H33NO6. The summed E-state index contributed by atoms with van der Waals surface area (Å²) in [5.41, 5.74) is 3.00. The van der Waals surface area contributed by atoms with Gasteiger partial charge in [0.15, 0.2) is 11.5 Å². The molecule has 0 saturated carbocycles. The fourth-order valence-electron chi connectivity index (χ4n) is 4.18. The van der Waals surface area contributed by atoms with E-state index in [0.717, 1.165) is 11.1 Å². The van der Waals surface area contributed by atoms with Crippen molar-refractivity contribution in [2.45, 2.75) is 46.3 Å². The van der Waals surface area contributed by atoms with E-state index in [2.05, 4.69) is 0 Å². The number of ether oxygens (including phenoxy) is 3. The Morgan fingerprint density at radius 1 is 1.06 bits per heavy atom. The molecule has 7 heteroatoms. The second-order valence-corrected chi connectivity index (χ2v) is 8.73. The molecular weight excluding hydrogens is 434 g/mol. The molecule has 2 aromatic rings. The Hall–Kier alpha value is -3.32. The first kappa shape index (κ1) is 25.3. The van der Waals surface area contributed by atoms with E-state index in [1.165, 1.54) is 12.0 Å². The largest absolute Gasteiger partial charge is 0.507 e. The van der Waals surface area contributed by atoms with Gasteiger partial charge in [-0.3, -0.25) is 9.59 Å². The molecule has 2 aromatic carbocycles. The molecule has 1 unspecified atom stereocenters. The standard InChI is InChI=1S/C27H33NO6/c1-16(2)34-21-11-10-19(15-22(21)33-6)24-23(25(29)20-14-17(3)8-9-18(20)4)26(30)27(31)28(24)12-7-13-32-5/h8-11,14-16,24,29H,7,12-13H2,1-6H3/b25-23+. The summed E-state index contributed by atoms with van der Waals surface area (Å²) in [6.07, 6.45) is 0.499. The van der Waals surface area contributed by atoms with Crippen LogP contribution in [0.15, 0.2) is 42.0 Å². The van der Waals surface area contributed by atoms with Crippen LogP contribution in [0.2, 0.25) is 0 Å². The van der Waals surface area contributed by atoms with Crippen LogP contribution in [0.4, 0.5) is 0 Å². The zero-order chi connectivity index (χ0) is 25.0. The fraction of sp³-hybridized carbons (Fsp3) is 0.407. The predicted octanol–water partition coefficient (Wildman–Crippen LogP) is 4.56. The van der Waals surface area contributed by atoms with Gasteiger partial charge in [-0.25, -0.2) is 0 Å². The van der Waals surface area contributed by atoms with Crippen molar-refractivity contribution in [3.05, 3.63) is 64.2 Å². The summed E-state index contributed by atoms with van der Waals surface area (Å²) in [6.45, 7) is 8.36. The van der Waals surface area contributed by atoms with Crippen LogP contribution in [-0.4, -0.2) is 55.2 Å². The molecule has 1 aliphatic rings. The Morgan fingerprint density at radius 2 is 1.79 bits per heavy atom. The number of Topliss-reactive ketones (excluding diaryl/α,β-unsaturated/α-hetero) is 1. The number of methoxy groups -OCH3 is 2. The Balaban J connectivity index is 2.19. The van der Waals surface area contributed by atoms with Gasteiger partial charge in [0, 0.05) is 25.8 Å². The number of hydrogen-bond acceptors (Lipinski definition) is 6. The highest BCUT2D eigenvalue weighted by molar-refractivity contribution is 6.46. The molecule has 1 atom stereocenters. The van der Waals surface area contributed by atoms with Gasteiger partial charge in [0.25, 0.3) is 11.7 Å². The number of carbonyl (C=O) groups is 2. The SMILES string of the molecule is COCCCN1C(=O)C(=O)/C(=C(/O)c2cc(C)ccc2C)C1c1ccc(OC(C)C)c(OC)c1. The van der Waals surface area contributed by atoms with Crippen molar-refractivity contribution in [3.63, 3.8) is 0 Å². The van der Waals surface area contributed by atoms with Crippen molar-refractivity contribution in [2.75, 3.05) is 27.4 Å². The number of nitrogens with zero attached hydrogens (tertiary/aromatic N) is 1. The predicted molar refractivity (Wildman–Crippen MR) is 130 cm³/mol. The van der Waals surface area contributed by atoms with E-state index in [0.29, 0.717) is 42.2 Å². The molecule has 34 heavy (non-hydrogen) atoms. The van der Waals surface area contributed by atoms with Crippen molar-refractivity contribution in [1.82, 2.24) is 4.90 Å². The molecule has 1 heterocycles. The van der Waals surface area contributed by atoms with Gasteiger partial charge in [-0.05, 0) is 63.4 Å². The van der Waals surface area contributed by atoms with E-state index < -0.39 is 17.7 Å². The maximum atomic E-state index is 13.2. The summed E-state index contributed by atoms with van der Waals surface area (Å²) < 4.78 is 16.5. The summed E-state index contributed by atoms with van der Waals surface area (Å²) >= 11 is 0. The Labute approximate surface area is 200 Å². The van der Waals surface area contributed by atoms with Crippen LogP contribution < -0.4 is 9.47 Å². The molecule has 0 radical (unpaired) electrons. The van der Waals surface area contributed by atoms with Gasteiger partial charge in [-0.1, -0.05) is 23.8 Å². The summed E-state index contributed by atoms with van der Waals surface area (Å²) in [5.74, 6) is -0.482. The molecule has 0 bridgehead atoms. The average molecular weight is 468 g/mol. The van der Waals surface area contributed by atoms with E-state index >= 15 is 0 Å². The Morgan fingerprint density at radius 3 is 2.44 bits per heavy atom. The lowest BCUT2D eigenvalue weighted by Crippen LogP contribution is -2.31. The Kier molecular flexibility index (Phi) is 7.99. The van der Waals surface area contributed by atoms with Gasteiger partial charge in [-0.2, -0.15) is 0 Å². The monoisotopic (exact) mass is 467 g/mol. The summed E-state index contributed by atoms with van der Waals surface area (Å²) in [7, 11) is 3.13. The molecule has 7 nitrogen and oxygen atoms in total. The first-order valence-corrected chi connectivity index (χ1v) is 11.4. The Bertz CT molecular complexity index is 1100. The van der Waals surface area contributed by atoms with Crippen LogP contribution in [0, 0.1) is 13.8 Å². The first-order chi connectivity index (χ1) is 16.2. The van der Waals surface area contributed by atoms with Gasteiger partial charge in [0.1, 0.15) is 5.76 Å². The van der Waals surface area contributed by atoms with Crippen molar-refractivity contribution in [3.8, 4) is 11.5 Å². The topological polar surface area (TPSA) is 85.3 Å². The van der Waals surface area contributed by atoms with E-state index in [1.807, 2.05) is 45.9 Å². The molecule has 1 aliphatic heterocycles. The zero-order valence-electron chi connectivity index (χ0n) is 20.7. The number of carbonyl (C=O) groups excluding carboxylic acids is 2. The van der Waals surface area contributed by atoms with E-state index in [1.54, 1.807) is 25.3 Å². The maximum Gasteiger partial charge on any atom is 0.295 e. The number of benzene rings is 2. The minimum absolute atomic E-state index is 0.0521. The third kappa shape index (κ3) is 5.09. The van der Waals surface area contributed by atoms with Crippen LogP contribution in [0.25, 0.3) is 5.76 Å². The van der Waals surface area contributed by atoms with Crippen molar-refractivity contribution >= 4 is 17.4 Å². The maximum absolute atomic E-state index is 13.2. The van der Waals surface area contributed by atoms with Crippen molar-refractivity contribution < 1.29 is 28.9 Å². The smallest absolute Gasteiger partial charge is 0.295 e. The molecule has 0 aliphatic carbocycles. The van der Waals surface area contributed by atoms with Gasteiger partial charge in [0.05, 0.1) is 24.8 Å². The molecule has 0 aromatic heterocycles. The van der Waals surface area contributed by atoms with Crippen molar-refractivity contribution in [2.24, 2.45) is 0 Å². The zero-order valence-corrected chi connectivity index (χ0v) is 20.7. The molecule has 1 N–H and O–H groups in total. The fourth-order valence-corrected chi connectivity index (χ4v) is 4.18. The third-order valence-corrected chi connectivity index (χ3v) is 5.80. The lowest BCUT2D eigenvalue weighted by atomic mass is 9.93. The van der Waals surface area contributed by atoms with Gasteiger partial charge in [0.2, 0.25) is 0 Å². The normalized spacial score (nSPS) is 17.5. The number of amides is 1. The second kappa shape index (κ2) is 10.7. The number of ketones is 1. The summed E-state index contributed by atoms with van der Waals surface area (Å²) in [4.78, 5) is 27.8. The number of rotatable bonds is 9. The lowest BCUT2D eigenvalue weighted by Gasteiger charge is -2.26. The second-order valence-electron chi connectivity index (χ2n) is 8.73. The minimum Gasteiger partial charge on any atom is -0.507 e. The summed E-state index contributed by atoms with van der Waals surface area (Å²) in [6, 6.07) is 10.2. The minimum atomic E-state index is -0.765. The quantitative estimate of drug-likeness (QED) is 0.252. The summed E-state index contributed by atoms with van der Waals surface area (Å²) in [5, 5.41) is 11.3. The molecule has 1 fully saturated rings. The van der Waals surface area contributed by atoms with E-state index in [4.69, 9.17) is 14.2 Å². The number of likely N-dealkylation sites (tertiary alicyclic amines) is 1. The van der Waals surface area contributed by atoms with Gasteiger partial charge < -0.3 is 24.2 Å². The van der Waals surface area contributed by atoms with E-state index in [9.17, 15) is 14.7 Å². The highest BCUT2D eigenvalue weighted by Gasteiger charge is 2.46. The lowest BCUT2D eigenvalue weighted by molar-refractivity contribution is -0.140. The van der Waals surface area contributed by atoms with Crippen LogP contribution in [0.1, 0.15) is 48.6 Å². The number of aliphatic hydroxyl groups is 1. The molecule has 1 saturated heterocycles. The van der Waals surface area contributed by atoms with Crippen molar-refractivity contribution in [1.29, 1.82) is 0 Å². The van der Waals surface area contributed by atoms with Crippen LogP contribution in [0.3, 0.4) is 0 Å². The van der Waals surface area contributed by atoms with E-state index in [-0.39, 0.29) is 17.4 Å². The number of hydrogen-bond donors (Lipinski definition) is 1.